The average Bonchev–Trinajstić information content (AvgIpc) is 2.28. The number of rotatable bonds is 0. The number of phenols is 2. The number of phenolic OH excluding ortho intramolecular Hbond substituents is 2. The van der Waals surface area contributed by atoms with Crippen molar-refractivity contribution in [2.75, 3.05) is 0 Å². The topological polar surface area (TPSA) is 49.7 Å². The molecule has 86 valence electrons. The molecule has 0 saturated heterocycles. The molecule has 1 aliphatic heterocycles. The number of benzene rings is 2. The van der Waals surface area contributed by atoms with Crippen LogP contribution in [0.4, 0.5) is 0 Å². The van der Waals surface area contributed by atoms with Gasteiger partial charge in [0.1, 0.15) is 23.9 Å². The van der Waals surface area contributed by atoms with E-state index >= 15 is 0 Å². The van der Waals surface area contributed by atoms with Crippen LogP contribution >= 0.6 is 0 Å². The lowest BCUT2D eigenvalue weighted by Gasteiger charge is -2.22. The summed E-state index contributed by atoms with van der Waals surface area (Å²) in [5, 5.41) is 19.0. The molecule has 3 rings (SSSR count). The Hall–Kier alpha value is -2.16. The van der Waals surface area contributed by atoms with Crippen molar-refractivity contribution in [2.24, 2.45) is 0 Å². The van der Waals surface area contributed by atoms with E-state index in [2.05, 4.69) is 0 Å². The van der Waals surface area contributed by atoms with Crippen molar-refractivity contribution >= 4 is 0 Å². The molecule has 0 unspecified atom stereocenters. The van der Waals surface area contributed by atoms with Crippen molar-refractivity contribution < 1.29 is 14.9 Å². The summed E-state index contributed by atoms with van der Waals surface area (Å²) < 4.78 is 5.60. The zero-order valence-corrected chi connectivity index (χ0v) is 9.40. The summed E-state index contributed by atoms with van der Waals surface area (Å²) in [5.74, 6) is 1.15. The fraction of sp³-hybridized carbons (Fsp3) is 0.143. The number of fused-ring (bicyclic) bond motifs is 3. The molecule has 17 heavy (non-hydrogen) atoms. The second-order valence-corrected chi connectivity index (χ2v) is 4.27. The van der Waals surface area contributed by atoms with Crippen LogP contribution in [0.25, 0.3) is 11.1 Å². The second-order valence-electron chi connectivity index (χ2n) is 4.27. The Kier molecular flexibility index (Phi) is 2.01. The van der Waals surface area contributed by atoms with Gasteiger partial charge in [-0.2, -0.15) is 0 Å². The van der Waals surface area contributed by atoms with Gasteiger partial charge in [0.2, 0.25) is 0 Å². The van der Waals surface area contributed by atoms with Gasteiger partial charge < -0.3 is 14.9 Å². The summed E-state index contributed by atoms with van der Waals surface area (Å²) in [6, 6.07) is 8.60. The zero-order valence-electron chi connectivity index (χ0n) is 9.40. The minimum Gasteiger partial charge on any atom is -0.508 e. The molecule has 3 nitrogen and oxygen atoms in total. The lowest BCUT2D eigenvalue weighted by Crippen LogP contribution is -2.06. The molecule has 1 heterocycles. The van der Waals surface area contributed by atoms with E-state index in [4.69, 9.17) is 4.74 Å². The Morgan fingerprint density at radius 1 is 1.06 bits per heavy atom. The highest BCUT2D eigenvalue weighted by Gasteiger charge is 2.20. The predicted octanol–water partition coefficient (Wildman–Crippen LogP) is 2.97. The minimum absolute atomic E-state index is 0.212. The summed E-state index contributed by atoms with van der Waals surface area (Å²) in [5.41, 5.74) is 3.98. The fourth-order valence-corrected chi connectivity index (χ4v) is 2.29. The molecular formula is C14H12O3. The molecule has 2 aromatic rings. The smallest absolute Gasteiger partial charge is 0.131 e. The third-order valence-electron chi connectivity index (χ3n) is 3.03. The molecule has 0 atom stereocenters. The van der Waals surface area contributed by atoms with Gasteiger partial charge in [0.15, 0.2) is 0 Å². The number of aromatic hydroxyl groups is 2. The summed E-state index contributed by atoms with van der Waals surface area (Å²) >= 11 is 0. The summed E-state index contributed by atoms with van der Waals surface area (Å²) in [6.07, 6.45) is 0. The van der Waals surface area contributed by atoms with Crippen LogP contribution in [-0.4, -0.2) is 10.2 Å². The summed E-state index contributed by atoms with van der Waals surface area (Å²) in [6.45, 7) is 2.35. The Balaban J connectivity index is 2.29. The van der Waals surface area contributed by atoms with E-state index in [1.807, 2.05) is 13.0 Å². The zero-order chi connectivity index (χ0) is 12.0. The normalized spacial score (nSPS) is 12.5. The van der Waals surface area contributed by atoms with Crippen molar-refractivity contribution in [1.82, 2.24) is 0 Å². The molecule has 0 amide bonds. The van der Waals surface area contributed by atoms with Crippen LogP contribution in [0, 0.1) is 6.92 Å². The lowest BCUT2D eigenvalue weighted by molar-refractivity contribution is 0.299. The molecular weight excluding hydrogens is 216 g/mol. The molecule has 0 saturated carbocycles. The molecule has 0 aliphatic carbocycles. The Bertz CT molecular complexity index is 603. The highest BCUT2D eigenvalue weighted by molar-refractivity contribution is 5.79. The standard InChI is InChI=1S/C14H12O3/c1-8-4-11(16)6-13-14(8)12-3-2-10(15)5-9(12)7-17-13/h2-6,15-16H,7H2,1H3. The maximum absolute atomic E-state index is 9.54. The number of aryl methyl sites for hydroxylation is 1. The van der Waals surface area contributed by atoms with Gasteiger partial charge in [0.25, 0.3) is 0 Å². The third-order valence-corrected chi connectivity index (χ3v) is 3.03. The van der Waals surface area contributed by atoms with Crippen molar-refractivity contribution in [2.45, 2.75) is 13.5 Å². The van der Waals surface area contributed by atoms with Gasteiger partial charge in [-0.15, -0.1) is 0 Å². The summed E-state index contributed by atoms with van der Waals surface area (Å²) in [7, 11) is 0. The first-order valence-corrected chi connectivity index (χ1v) is 5.44. The van der Waals surface area contributed by atoms with Crippen molar-refractivity contribution in [3.05, 3.63) is 41.5 Å². The quantitative estimate of drug-likeness (QED) is 0.728. The monoisotopic (exact) mass is 228 g/mol. The highest BCUT2D eigenvalue weighted by Crippen LogP contribution is 2.42. The molecule has 0 aromatic heterocycles. The molecule has 0 fully saturated rings. The molecule has 0 radical (unpaired) electrons. The minimum atomic E-state index is 0.212. The van der Waals surface area contributed by atoms with Crippen LogP contribution in [0.5, 0.6) is 17.2 Å². The number of hydrogen-bond acceptors (Lipinski definition) is 3. The molecule has 0 bridgehead atoms. The first-order valence-electron chi connectivity index (χ1n) is 5.44. The van der Waals surface area contributed by atoms with Gasteiger partial charge in [-0.05, 0) is 36.2 Å². The van der Waals surface area contributed by atoms with E-state index in [9.17, 15) is 10.2 Å². The van der Waals surface area contributed by atoms with E-state index in [0.29, 0.717) is 12.4 Å². The van der Waals surface area contributed by atoms with Gasteiger partial charge in [-0.25, -0.2) is 0 Å². The van der Waals surface area contributed by atoms with E-state index in [1.54, 1.807) is 24.3 Å². The van der Waals surface area contributed by atoms with Crippen LogP contribution in [-0.2, 0) is 6.61 Å². The lowest BCUT2D eigenvalue weighted by atomic mass is 9.93. The molecule has 1 aliphatic rings. The summed E-state index contributed by atoms with van der Waals surface area (Å²) in [4.78, 5) is 0. The first-order chi connectivity index (χ1) is 8.15. The van der Waals surface area contributed by atoms with Crippen LogP contribution in [0.2, 0.25) is 0 Å². The van der Waals surface area contributed by atoms with Crippen molar-refractivity contribution in [3.8, 4) is 28.4 Å². The number of hydrogen-bond donors (Lipinski definition) is 2. The van der Waals surface area contributed by atoms with Crippen LogP contribution in [0.15, 0.2) is 30.3 Å². The third kappa shape index (κ3) is 1.51. The Morgan fingerprint density at radius 3 is 2.71 bits per heavy atom. The van der Waals surface area contributed by atoms with Gasteiger partial charge in [-0.3, -0.25) is 0 Å². The maximum atomic E-state index is 9.54. The predicted molar refractivity (Wildman–Crippen MR) is 64.3 cm³/mol. The molecule has 0 spiro atoms. The maximum Gasteiger partial charge on any atom is 0.131 e. The molecule has 2 N–H and O–H groups in total. The van der Waals surface area contributed by atoms with E-state index in [0.717, 1.165) is 22.3 Å². The van der Waals surface area contributed by atoms with E-state index < -0.39 is 0 Å². The highest BCUT2D eigenvalue weighted by atomic mass is 16.5. The van der Waals surface area contributed by atoms with Gasteiger partial charge in [0, 0.05) is 17.2 Å². The van der Waals surface area contributed by atoms with E-state index in [1.165, 1.54) is 0 Å². The number of ether oxygens (including phenoxy) is 1. The van der Waals surface area contributed by atoms with E-state index in [-0.39, 0.29) is 11.5 Å². The van der Waals surface area contributed by atoms with Gasteiger partial charge >= 0.3 is 0 Å². The average molecular weight is 228 g/mol. The molecule has 2 aromatic carbocycles. The van der Waals surface area contributed by atoms with Crippen LogP contribution in [0.3, 0.4) is 0 Å². The SMILES string of the molecule is Cc1cc(O)cc2c1-c1ccc(O)cc1CO2. The fourth-order valence-electron chi connectivity index (χ4n) is 2.29. The Labute approximate surface area is 98.9 Å². The van der Waals surface area contributed by atoms with Gasteiger partial charge in [0.05, 0.1) is 0 Å². The van der Waals surface area contributed by atoms with Gasteiger partial charge in [-0.1, -0.05) is 6.07 Å². The van der Waals surface area contributed by atoms with Crippen LogP contribution in [0.1, 0.15) is 11.1 Å². The van der Waals surface area contributed by atoms with Crippen molar-refractivity contribution in [1.29, 1.82) is 0 Å². The van der Waals surface area contributed by atoms with Crippen LogP contribution < -0.4 is 4.74 Å². The van der Waals surface area contributed by atoms with Crippen molar-refractivity contribution in [3.63, 3.8) is 0 Å². The Morgan fingerprint density at radius 2 is 1.88 bits per heavy atom. The molecule has 3 heteroatoms. The largest absolute Gasteiger partial charge is 0.508 e. The second kappa shape index (κ2) is 3.42. The first kappa shape index (κ1) is 10.0.